The van der Waals surface area contributed by atoms with Gasteiger partial charge in [-0.3, -0.25) is 0 Å². The minimum Gasteiger partial charge on any atom is -0.388 e. The Morgan fingerprint density at radius 3 is 2.36 bits per heavy atom. The van der Waals surface area contributed by atoms with Gasteiger partial charge in [-0.2, -0.15) is 0 Å². The van der Waals surface area contributed by atoms with Crippen LogP contribution in [-0.2, 0) is 0 Å². The van der Waals surface area contributed by atoms with Crippen molar-refractivity contribution in [2.75, 3.05) is 0 Å². The van der Waals surface area contributed by atoms with Crippen molar-refractivity contribution in [2.24, 2.45) is 5.41 Å². The molecule has 0 aliphatic heterocycles. The van der Waals surface area contributed by atoms with Gasteiger partial charge in [0.2, 0.25) is 0 Å². The van der Waals surface area contributed by atoms with Crippen LogP contribution in [0.1, 0.15) is 38.0 Å². The molecule has 14 heavy (non-hydrogen) atoms. The van der Waals surface area contributed by atoms with Gasteiger partial charge in [-0.1, -0.05) is 39.0 Å². The maximum atomic E-state index is 10.2. The molecule has 2 heteroatoms. The smallest absolute Gasteiger partial charge is 0.0848 e. The zero-order chi connectivity index (χ0) is 10.9. The highest BCUT2D eigenvalue weighted by Gasteiger charge is 2.25. The van der Waals surface area contributed by atoms with E-state index >= 15 is 0 Å². The van der Waals surface area contributed by atoms with Gasteiger partial charge in [0.15, 0.2) is 0 Å². The van der Waals surface area contributed by atoms with Gasteiger partial charge in [-0.15, -0.1) is 0 Å². The number of rotatable bonds is 1. The van der Waals surface area contributed by atoms with Crippen molar-refractivity contribution >= 4 is 22.6 Å². The van der Waals surface area contributed by atoms with Gasteiger partial charge in [0.25, 0.3) is 0 Å². The molecule has 1 rings (SSSR count). The van der Waals surface area contributed by atoms with Crippen molar-refractivity contribution < 1.29 is 5.11 Å². The molecule has 1 nitrogen and oxygen atoms in total. The topological polar surface area (TPSA) is 20.2 Å². The number of aryl methyl sites for hydroxylation is 1. The summed E-state index contributed by atoms with van der Waals surface area (Å²) in [6.45, 7) is 8.23. The second kappa shape index (κ2) is 4.19. The highest BCUT2D eigenvalue weighted by molar-refractivity contribution is 14.1. The number of halogens is 1. The minimum absolute atomic E-state index is 0.103. The van der Waals surface area contributed by atoms with Crippen molar-refractivity contribution in [1.82, 2.24) is 0 Å². The summed E-state index contributed by atoms with van der Waals surface area (Å²) in [4.78, 5) is 0. The summed E-state index contributed by atoms with van der Waals surface area (Å²) in [5, 5.41) is 10.2. The molecule has 0 saturated heterocycles. The quantitative estimate of drug-likeness (QED) is 0.785. The first kappa shape index (κ1) is 12.0. The molecule has 0 fully saturated rings. The van der Waals surface area contributed by atoms with E-state index in [1.165, 1.54) is 9.13 Å². The molecule has 78 valence electrons. The predicted octanol–water partition coefficient (Wildman–Crippen LogP) is 3.68. The predicted molar refractivity (Wildman–Crippen MR) is 68.3 cm³/mol. The zero-order valence-electron chi connectivity index (χ0n) is 9.13. The third kappa shape index (κ3) is 2.48. The molecular formula is C12H17IO. The Kier molecular flexibility index (Phi) is 3.58. The molecule has 1 aromatic rings. The van der Waals surface area contributed by atoms with Crippen LogP contribution in [0.25, 0.3) is 0 Å². The lowest BCUT2D eigenvalue weighted by Crippen LogP contribution is -2.19. The summed E-state index contributed by atoms with van der Waals surface area (Å²) in [5.41, 5.74) is 2.16. The van der Waals surface area contributed by atoms with Crippen LogP contribution in [0.2, 0.25) is 0 Å². The van der Waals surface area contributed by atoms with E-state index in [2.05, 4.69) is 56.4 Å². The van der Waals surface area contributed by atoms with Crippen LogP contribution in [0.4, 0.5) is 0 Å². The van der Waals surface area contributed by atoms with Gasteiger partial charge in [0, 0.05) is 3.57 Å². The second-order valence-corrected chi connectivity index (χ2v) is 5.83. The van der Waals surface area contributed by atoms with Crippen LogP contribution in [0, 0.1) is 15.9 Å². The van der Waals surface area contributed by atoms with Gasteiger partial charge < -0.3 is 5.11 Å². The number of aliphatic hydroxyl groups excluding tert-OH is 1. The molecule has 0 aliphatic carbocycles. The van der Waals surface area contributed by atoms with Crippen LogP contribution in [0.15, 0.2) is 18.2 Å². The van der Waals surface area contributed by atoms with E-state index in [9.17, 15) is 5.11 Å². The highest BCUT2D eigenvalue weighted by atomic mass is 127. The summed E-state index contributed by atoms with van der Waals surface area (Å²) in [6.07, 6.45) is -0.394. The fourth-order valence-electron chi connectivity index (χ4n) is 1.35. The maximum Gasteiger partial charge on any atom is 0.0848 e. The molecule has 1 N–H and O–H groups in total. The Hall–Kier alpha value is -0.0900. The molecule has 1 aromatic carbocycles. The Balaban J connectivity index is 3.14. The molecule has 0 amide bonds. The van der Waals surface area contributed by atoms with Crippen LogP contribution >= 0.6 is 22.6 Å². The van der Waals surface area contributed by atoms with Crippen LogP contribution in [0.5, 0.6) is 0 Å². The lowest BCUT2D eigenvalue weighted by Gasteiger charge is -2.27. The monoisotopic (exact) mass is 304 g/mol. The van der Waals surface area contributed by atoms with Crippen molar-refractivity contribution in [3.63, 3.8) is 0 Å². The number of aliphatic hydroxyl groups is 1. The highest BCUT2D eigenvalue weighted by Crippen LogP contribution is 2.35. The van der Waals surface area contributed by atoms with Gasteiger partial charge in [0.1, 0.15) is 0 Å². The third-order valence-corrected chi connectivity index (χ3v) is 3.81. The van der Waals surface area contributed by atoms with Crippen LogP contribution in [0.3, 0.4) is 0 Å². The molecule has 1 unspecified atom stereocenters. The fourth-order valence-corrected chi connectivity index (χ4v) is 2.00. The molecule has 0 saturated carbocycles. The van der Waals surface area contributed by atoms with E-state index in [1.54, 1.807) is 0 Å². The Labute approximate surface area is 99.7 Å². The molecule has 1 atom stereocenters. The van der Waals surface area contributed by atoms with Gasteiger partial charge >= 0.3 is 0 Å². The zero-order valence-corrected chi connectivity index (χ0v) is 11.3. The van der Waals surface area contributed by atoms with Crippen molar-refractivity contribution in [2.45, 2.75) is 33.8 Å². The summed E-state index contributed by atoms with van der Waals surface area (Å²) >= 11 is 2.30. The SMILES string of the molecule is Cc1cccc(C(O)C(C)(C)C)c1I. The fraction of sp³-hybridized carbons (Fsp3) is 0.500. The minimum atomic E-state index is -0.394. The Morgan fingerprint density at radius 1 is 1.29 bits per heavy atom. The van der Waals surface area contributed by atoms with Gasteiger partial charge in [-0.25, -0.2) is 0 Å². The Bertz CT molecular complexity index is 326. The van der Waals surface area contributed by atoms with Gasteiger partial charge in [0.05, 0.1) is 6.10 Å². The largest absolute Gasteiger partial charge is 0.388 e. The standard InChI is InChI=1S/C12H17IO/c1-8-6-5-7-9(10(8)13)11(14)12(2,3)4/h5-7,11,14H,1-4H3. The van der Waals surface area contributed by atoms with E-state index in [0.717, 1.165) is 5.56 Å². The number of hydrogen-bond donors (Lipinski definition) is 1. The normalized spacial score (nSPS) is 14.1. The van der Waals surface area contributed by atoms with E-state index in [1.807, 2.05) is 12.1 Å². The number of hydrogen-bond acceptors (Lipinski definition) is 1. The van der Waals surface area contributed by atoms with Crippen LogP contribution < -0.4 is 0 Å². The van der Waals surface area contributed by atoms with Crippen molar-refractivity contribution in [1.29, 1.82) is 0 Å². The summed E-state index contributed by atoms with van der Waals surface area (Å²) in [7, 11) is 0. The lowest BCUT2D eigenvalue weighted by atomic mass is 9.84. The molecule has 0 radical (unpaired) electrons. The average molecular weight is 304 g/mol. The second-order valence-electron chi connectivity index (χ2n) is 4.75. The molecule has 0 aliphatic rings. The first-order chi connectivity index (χ1) is 6.34. The number of benzene rings is 1. The van der Waals surface area contributed by atoms with E-state index in [-0.39, 0.29) is 5.41 Å². The maximum absolute atomic E-state index is 10.2. The van der Waals surface area contributed by atoms with E-state index < -0.39 is 6.10 Å². The molecule has 0 heterocycles. The summed E-state index contributed by atoms with van der Waals surface area (Å²) in [6, 6.07) is 6.08. The van der Waals surface area contributed by atoms with E-state index in [0.29, 0.717) is 0 Å². The molecule has 0 spiro atoms. The summed E-state index contributed by atoms with van der Waals surface area (Å²) in [5.74, 6) is 0. The van der Waals surface area contributed by atoms with Crippen molar-refractivity contribution in [3.8, 4) is 0 Å². The molecule has 0 bridgehead atoms. The van der Waals surface area contributed by atoms with Gasteiger partial charge in [-0.05, 0) is 46.1 Å². The van der Waals surface area contributed by atoms with Crippen LogP contribution in [-0.4, -0.2) is 5.11 Å². The van der Waals surface area contributed by atoms with E-state index in [4.69, 9.17) is 0 Å². The lowest BCUT2D eigenvalue weighted by molar-refractivity contribution is 0.0619. The first-order valence-corrected chi connectivity index (χ1v) is 5.85. The van der Waals surface area contributed by atoms with Crippen molar-refractivity contribution in [3.05, 3.63) is 32.9 Å². The third-order valence-electron chi connectivity index (χ3n) is 2.34. The summed E-state index contributed by atoms with van der Waals surface area (Å²) < 4.78 is 1.17. The molecular weight excluding hydrogens is 287 g/mol. The Morgan fingerprint density at radius 2 is 1.86 bits per heavy atom. The first-order valence-electron chi connectivity index (χ1n) is 4.77. The molecule has 0 aromatic heterocycles. The average Bonchev–Trinajstić information content (AvgIpc) is 2.07.